The van der Waals surface area contributed by atoms with Crippen molar-refractivity contribution in [3.05, 3.63) is 44.4 Å². The normalized spacial score (nSPS) is 11.9. The van der Waals surface area contributed by atoms with Crippen molar-refractivity contribution in [1.29, 1.82) is 0 Å². The highest BCUT2D eigenvalue weighted by Crippen LogP contribution is 2.23. The van der Waals surface area contributed by atoms with Gasteiger partial charge in [-0.2, -0.15) is 0 Å². The largest absolute Gasteiger partial charge is 0.365 e. The van der Waals surface area contributed by atoms with Gasteiger partial charge in [0.2, 0.25) is 0 Å². The highest BCUT2D eigenvalue weighted by Gasteiger charge is 2.09. The Kier molecular flexibility index (Phi) is 3.78. The van der Waals surface area contributed by atoms with Gasteiger partial charge in [0.25, 0.3) is 11.6 Å². The van der Waals surface area contributed by atoms with Gasteiger partial charge in [-0.25, -0.2) is 0 Å². The van der Waals surface area contributed by atoms with Gasteiger partial charge in [-0.1, -0.05) is 0 Å². The second kappa shape index (κ2) is 4.89. The summed E-state index contributed by atoms with van der Waals surface area (Å²) in [5.41, 5.74) is 6.45. The highest BCUT2D eigenvalue weighted by molar-refractivity contribution is 9.12. The summed E-state index contributed by atoms with van der Waals surface area (Å²) in [7, 11) is 0. The van der Waals surface area contributed by atoms with Gasteiger partial charge in [-0.15, -0.1) is 0 Å². The Balaban J connectivity index is 3.12. The van der Waals surface area contributed by atoms with E-state index in [0.717, 1.165) is 0 Å². The average Bonchev–Trinajstić information content (AvgIpc) is 2.27. The molecule has 1 aromatic rings. The SMILES string of the molecule is CC(=C(Br)C(N)=O)c1ccc([N+](=O)[O-])cc1. The number of allylic oxidation sites excluding steroid dienone is 1. The zero-order valence-electron chi connectivity index (χ0n) is 8.44. The fraction of sp³-hybridized carbons (Fsp3) is 0.100. The van der Waals surface area contributed by atoms with Gasteiger partial charge in [0.15, 0.2) is 0 Å². The van der Waals surface area contributed by atoms with Crippen molar-refractivity contribution in [2.24, 2.45) is 5.73 Å². The second-order valence-electron chi connectivity index (χ2n) is 3.11. The third-order valence-corrected chi connectivity index (χ3v) is 3.04. The molecule has 0 bridgehead atoms. The minimum absolute atomic E-state index is 0.00625. The number of hydrogen-bond donors (Lipinski definition) is 1. The van der Waals surface area contributed by atoms with Crippen LogP contribution < -0.4 is 5.73 Å². The number of nitro benzene ring substituents is 1. The molecule has 0 heterocycles. The number of non-ortho nitro benzene ring substituents is 1. The number of nitrogens with zero attached hydrogens (tertiary/aromatic N) is 1. The Morgan fingerprint density at radius 1 is 1.38 bits per heavy atom. The lowest BCUT2D eigenvalue weighted by Gasteiger charge is -2.03. The molecule has 1 aromatic carbocycles. The Hall–Kier alpha value is -1.69. The number of hydrogen-bond acceptors (Lipinski definition) is 3. The number of amides is 1. The molecular formula is C10H9BrN2O3. The standard InChI is InChI=1S/C10H9BrN2O3/c1-6(9(11)10(12)14)7-2-4-8(5-3-7)13(15)16/h2-5H,1H3,(H2,12,14). The fourth-order valence-corrected chi connectivity index (χ4v) is 1.37. The lowest BCUT2D eigenvalue weighted by Crippen LogP contribution is -2.11. The van der Waals surface area contributed by atoms with Gasteiger partial charge < -0.3 is 5.73 Å². The number of carbonyl (C=O) groups excluding carboxylic acids is 1. The second-order valence-corrected chi connectivity index (χ2v) is 3.90. The molecule has 6 heteroatoms. The third-order valence-electron chi connectivity index (χ3n) is 2.06. The molecule has 2 N–H and O–H groups in total. The molecule has 0 aliphatic rings. The average molecular weight is 285 g/mol. The number of halogens is 1. The summed E-state index contributed by atoms with van der Waals surface area (Å²) in [5, 5.41) is 10.4. The maximum Gasteiger partial charge on any atom is 0.269 e. The topological polar surface area (TPSA) is 86.2 Å². The third kappa shape index (κ3) is 2.66. The number of nitrogens with two attached hydrogens (primary N) is 1. The van der Waals surface area contributed by atoms with Crippen LogP contribution in [0.15, 0.2) is 28.7 Å². The van der Waals surface area contributed by atoms with Gasteiger partial charge in [0, 0.05) is 12.1 Å². The monoisotopic (exact) mass is 284 g/mol. The van der Waals surface area contributed by atoms with Crippen LogP contribution in [-0.4, -0.2) is 10.8 Å². The number of primary amides is 1. The van der Waals surface area contributed by atoms with Crippen LogP contribution in [0.4, 0.5) is 5.69 Å². The molecule has 1 amide bonds. The first-order chi connectivity index (χ1) is 7.43. The van der Waals surface area contributed by atoms with Crippen LogP contribution in [0.2, 0.25) is 0 Å². The molecule has 0 saturated carbocycles. The van der Waals surface area contributed by atoms with E-state index < -0.39 is 10.8 Å². The molecule has 0 unspecified atom stereocenters. The molecular weight excluding hydrogens is 276 g/mol. The van der Waals surface area contributed by atoms with E-state index in [4.69, 9.17) is 5.73 Å². The number of nitro groups is 1. The summed E-state index contributed by atoms with van der Waals surface area (Å²) in [5.74, 6) is -0.573. The highest BCUT2D eigenvalue weighted by atomic mass is 79.9. The van der Waals surface area contributed by atoms with Crippen LogP contribution in [0.1, 0.15) is 12.5 Å². The molecule has 0 atom stereocenters. The first-order valence-corrected chi connectivity index (χ1v) is 5.13. The minimum atomic E-state index is -0.573. The number of benzene rings is 1. The summed E-state index contributed by atoms with van der Waals surface area (Å²) in [4.78, 5) is 20.9. The van der Waals surface area contributed by atoms with Crippen molar-refractivity contribution in [2.45, 2.75) is 6.92 Å². The van der Waals surface area contributed by atoms with E-state index in [2.05, 4.69) is 15.9 Å². The van der Waals surface area contributed by atoms with Crippen LogP contribution in [0, 0.1) is 10.1 Å². The van der Waals surface area contributed by atoms with Gasteiger partial charge in [0.1, 0.15) is 0 Å². The number of carbonyl (C=O) groups is 1. The van der Waals surface area contributed by atoms with E-state index >= 15 is 0 Å². The summed E-state index contributed by atoms with van der Waals surface area (Å²) in [6.45, 7) is 1.70. The predicted octanol–water partition coefficient (Wildman–Crippen LogP) is 2.21. The summed E-state index contributed by atoms with van der Waals surface area (Å²) in [6, 6.07) is 5.88. The molecule has 5 nitrogen and oxygen atoms in total. The van der Waals surface area contributed by atoms with Crippen molar-refractivity contribution >= 4 is 33.1 Å². The van der Waals surface area contributed by atoms with Crippen molar-refractivity contribution in [2.75, 3.05) is 0 Å². The molecule has 0 radical (unpaired) electrons. The Morgan fingerprint density at radius 2 is 1.88 bits per heavy atom. The van der Waals surface area contributed by atoms with E-state index in [-0.39, 0.29) is 10.2 Å². The first kappa shape index (κ1) is 12.4. The van der Waals surface area contributed by atoms with Gasteiger partial charge >= 0.3 is 0 Å². The fourth-order valence-electron chi connectivity index (χ4n) is 1.14. The van der Waals surface area contributed by atoms with E-state index in [1.54, 1.807) is 19.1 Å². The predicted molar refractivity (Wildman–Crippen MR) is 63.8 cm³/mol. The Labute approximate surface area is 100 Å². The van der Waals surface area contributed by atoms with Crippen molar-refractivity contribution in [3.8, 4) is 0 Å². The van der Waals surface area contributed by atoms with Crippen molar-refractivity contribution < 1.29 is 9.72 Å². The molecule has 0 fully saturated rings. The smallest absolute Gasteiger partial charge is 0.269 e. The number of rotatable bonds is 3. The minimum Gasteiger partial charge on any atom is -0.365 e. The molecule has 0 aliphatic heterocycles. The van der Waals surface area contributed by atoms with Gasteiger partial charge in [-0.05, 0) is 46.1 Å². The molecule has 16 heavy (non-hydrogen) atoms. The Bertz CT molecular complexity index is 465. The summed E-state index contributed by atoms with van der Waals surface area (Å²) < 4.78 is 0.265. The van der Waals surface area contributed by atoms with E-state index in [1.165, 1.54) is 12.1 Å². The molecule has 0 spiro atoms. The molecule has 0 aliphatic carbocycles. The zero-order valence-corrected chi connectivity index (χ0v) is 10.0. The van der Waals surface area contributed by atoms with E-state index in [1.807, 2.05) is 0 Å². The summed E-state index contributed by atoms with van der Waals surface area (Å²) >= 11 is 3.06. The van der Waals surface area contributed by atoms with Gasteiger partial charge in [-0.3, -0.25) is 14.9 Å². The summed E-state index contributed by atoms with van der Waals surface area (Å²) in [6.07, 6.45) is 0. The maximum absolute atomic E-state index is 10.9. The quantitative estimate of drug-likeness (QED) is 0.524. The molecule has 0 saturated heterocycles. The van der Waals surface area contributed by atoms with Gasteiger partial charge in [0.05, 0.1) is 9.41 Å². The van der Waals surface area contributed by atoms with Crippen LogP contribution in [0.5, 0.6) is 0 Å². The maximum atomic E-state index is 10.9. The molecule has 84 valence electrons. The Morgan fingerprint density at radius 3 is 2.25 bits per heavy atom. The van der Waals surface area contributed by atoms with Crippen LogP contribution in [-0.2, 0) is 4.79 Å². The first-order valence-electron chi connectivity index (χ1n) is 4.34. The van der Waals surface area contributed by atoms with Crippen molar-refractivity contribution in [3.63, 3.8) is 0 Å². The lowest BCUT2D eigenvalue weighted by atomic mass is 10.1. The van der Waals surface area contributed by atoms with E-state index in [0.29, 0.717) is 11.1 Å². The van der Waals surface area contributed by atoms with Crippen LogP contribution in [0.25, 0.3) is 5.57 Å². The lowest BCUT2D eigenvalue weighted by molar-refractivity contribution is -0.384. The van der Waals surface area contributed by atoms with Crippen LogP contribution >= 0.6 is 15.9 Å². The zero-order chi connectivity index (χ0) is 12.3. The van der Waals surface area contributed by atoms with Crippen molar-refractivity contribution in [1.82, 2.24) is 0 Å². The van der Waals surface area contributed by atoms with Crippen LogP contribution in [0.3, 0.4) is 0 Å². The van der Waals surface area contributed by atoms with E-state index in [9.17, 15) is 14.9 Å². The molecule has 0 aromatic heterocycles. The molecule has 1 rings (SSSR count).